The zero-order valence-corrected chi connectivity index (χ0v) is 8.76. The van der Waals surface area contributed by atoms with Crippen molar-refractivity contribution < 1.29 is 14.9 Å². The Morgan fingerprint density at radius 3 is 2.73 bits per heavy atom. The molecule has 0 aromatic heterocycles. The predicted molar refractivity (Wildman–Crippen MR) is 57.6 cm³/mol. The zero-order valence-electron chi connectivity index (χ0n) is 8.76. The van der Waals surface area contributed by atoms with Crippen LogP contribution in [0.15, 0.2) is 24.3 Å². The van der Waals surface area contributed by atoms with Crippen LogP contribution in [0.4, 0.5) is 0 Å². The highest BCUT2D eigenvalue weighted by Crippen LogP contribution is 2.21. The summed E-state index contributed by atoms with van der Waals surface area (Å²) in [6.45, 7) is 2.48. The molecule has 1 rings (SSSR count). The van der Waals surface area contributed by atoms with Crippen molar-refractivity contribution in [2.45, 2.75) is 19.1 Å². The van der Waals surface area contributed by atoms with Gasteiger partial charge in [-0.1, -0.05) is 12.1 Å². The molecule has 15 heavy (non-hydrogen) atoms. The van der Waals surface area contributed by atoms with E-state index < -0.39 is 12.2 Å². The summed E-state index contributed by atoms with van der Waals surface area (Å²) in [4.78, 5) is 0. The Bertz CT molecular complexity index is 304. The number of rotatable bonds is 5. The fourth-order valence-electron chi connectivity index (χ4n) is 1.31. The molecule has 0 radical (unpaired) electrons. The molecule has 0 saturated heterocycles. The summed E-state index contributed by atoms with van der Waals surface area (Å²) in [5, 5.41) is 19.1. The van der Waals surface area contributed by atoms with Gasteiger partial charge in [-0.25, -0.2) is 0 Å². The molecule has 0 fully saturated rings. The van der Waals surface area contributed by atoms with Gasteiger partial charge in [-0.15, -0.1) is 0 Å². The SMILES string of the molecule is CCOc1cccc(C(O)C(O)CN)c1. The van der Waals surface area contributed by atoms with Gasteiger partial charge in [0.1, 0.15) is 11.9 Å². The van der Waals surface area contributed by atoms with Crippen LogP contribution in [0, 0.1) is 0 Å². The second kappa shape index (κ2) is 5.70. The van der Waals surface area contributed by atoms with Crippen molar-refractivity contribution in [3.05, 3.63) is 29.8 Å². The summed E-state index contributed by atoms with van der Waals surface area (Å²) < 4.78 is 5.29. The highest BCUT2D eigenvalue weighted by atomic mass is 16.5. The molecular weight excluding hydrogens is 194 g/mol. The van der Waals surface area contributed by atoms with Crippen LogP contribution in [0.3, 0.4) is 0 Å². The first-order valence-electron chi connectivity index (χ1n) is 4.98. The van der Waals surface area contributed by atoms with E-state index in [1.807, 2.05) is 6.92 Å². The number of aliphatic hydroxyl groups excluding tert-OH is 2. The Hall–Kier alpha value is -1.10. The molecule has 2 atom stereocenters. The van der Waals surface area contributed by atoms with E-state index in [1.165, 1.54) is 0 Å². The Kier molecular flexibility index (Phi) is 4.55. The molecule has 0 spiro atoms. The number of hydrogen-bond acceptors (Lipinski definition) is 4. The molecule has 0 bridgehead atoms. The topological polar surface area (TPSA) is 75.7 Å². The van der Waals surface area contributed by atoms with Crippen molar-refractivity contribution in [2.75, 3.05) is 13.2 Å². The highest BCUT2D eigenvalue weighted by Gasteiger charge is 2.16. The van der Waals surface area contributed by atoms with Crippen molar-refractivity contribution in [1.82, 2.24) is 0 Å². The number of benzene rings is 1. The molecule has 0 heterocycles. The molecular formula is C11H17NO3. The molecule has 1 aromatic carbocycles. The van der Waals surface area contributed by atoms with Gasteiger partial charge in [0.15, 0.2) is 0 Å². The maximum Gasteiger partial charge on any atom is 0.119 e. The van der Waals surface area contributed by atoms with E-state index in [-0.39, 0.29) is 6.54 Å². The summed E-state index contributed by atoms with van der Waals surface area (Å²) in [5.74, 6) is 0.679. The molecule has 2 unspecified atom stereocenters. The van der Waals surface area contributed by atoms with Gasteiger partial charge in [0.25, 0.3) is 0 Å². The van der Waals surface area contributed by atoms with Crippen molar-refractivity contribution in [1.29, 1.82) is 0 Å². The molecule has 0 amide bonds. The molecule has 1 aromatic rings. The van der Waals surface area contributed by atoms with E-state index in [9.17, 15) is 10.2 Å². The maximum absolute atomic E-state index is 9.70. The lowest BCUT2D eigenvalue weighted by atomic mass is 10.0. The van der Waals surface area contributed by atoms with Crippen LogP contribution in [-0.4, -0.2) is 29.5 Å². The summed E-state index contributed by atoms with van der Waals surface area (Å²) in [6.07, 6.45) is -1.91. The van der Waals surface area contributed by atoms with Gasteiger partial charge < -0.3 is 20.7 Å². The number of ether oxygens (including phenoxy) is 1. The molecule has 84 valence electrons. The van der Waals surface area contributed by atoms with Crippen LogP contribution in [-0.2, 0) is 0 Å². The molecule has 0 aliphatic heterocycles. The fraction of sp³-hybridized carbons (Fsp3) is 0.455. The van der Waals surface area contributed by atoms with E-state index in [2.05, 4.69) is 0 Å². The minimum absolute atomic E-state index is 0.0278. The predicted octanol–water partition coefficient (Wildman–Crippen LogP) is 0.438. The molecule has 0 aliphatic carbocycles. The van der Waals surface area contributed by atoms with Gasteiger partial charge in [0, 0.05) is 6.54 Å². The zero-order chi connectivity index (χ0) is 11.3. The quantitative estimate of drug-likeness (QED) is 0.660. The third-order valence-corrected chi connectivity index (χ3v) is 2.12. The Morgan fingerprint density at radius 2 is 2.13 bits per heavy atom. The first-order chi connectivity index (χ1) is 7.19. The van der Waals surface area contributed by atoms with E-state index in [1.54, 1.807) is 24.3 Å². The fourth-order valence-corrected chi connectivity index (χ4v) is 1.31. The Balaban J connectivity index is 2.80. The van der Waals surface area contributed by atoms with E-state index in [0.717, 1.165) is 0 Å². The van der Waals surface area contributed by atoms with Crippen LogP contribution >= 0.6 is 0 Å². The Morgan fingerprint density at radius 1 is 1.40 bits per heavy atom. The first kappa shape index (κ1) is 12.0. The van der Waals surface area contributed by atoms with E-state index in [0.29, 0.717) is 17.9 Å². The molecule has 4 nitrogen and oxygen atoms in total. The van der Waals surface area contributed by atoms with Gasteiger partial charge in [0.2, 0.25) is 0 Å². The van der Waals surface area contributed by atoms with E-state index >= 15 is 0 Å². The Labute approximate surface area is 89.3 Å². The minimum atomic E-state index is -0.963. The van der Waals surface area contributed by atoms with E-state index in [4.69, 9.17) is 10.5 Å². The van der Waals surface area contributed by atoms with Gasteiger partial charge in [0.05, 0.1) is 12.7 Å². The van der Waals surface area contributed by atoms with Crippen LogP contribution in [0.25, 0.3) is 0 Å². The number of hydrogen-bond donors (Lipinski definition) is 3. The lowest BCUT2D eigenvalue weighted by Crippen LogP contribution is -2.27. The lowest BCUT2D eigenvalue weighted by Gasteiger charge is -2.17. The number of nitrogens with two attached hydrogens (primary N) is 1. The lowest BCUT2D eigenvalue weighted by molar-refractivity contribution is 0.0242. The highest BCUT2D eigenvalue weighted by molar-refractivity contribution is 5.30. The van der Waals surface area contributed by atoms with Gasteiger partial charge in [-0.2, -0.15) is 0 Å². The summed E-state index contributed by atoms with van der Waals surface area (Å²) in [5.41, 5.74) is 5.88. The monoisotopic (exact) mass is 211 g/mol. The third kappa shape index (κ3) is 3.20. The maximum atomic E-state index is 9.70. The van der Waals surface area contributed by atoms with Crippen LogP contribution in [0.1, 0.15) is 18.6 Å². The summed E-state index contributed by atoms with van der Waals surface area (Å²) >= 11 is 0. The van der Waals surface area contributed by atoms with Crippen molar-refractivity contribution in [2.24, 2.45) is 5.73 Å². The van der Waals surface area contributed by atoms with Crippen LogP contribution in [0.2, 0.25) is 0 Å². The second-order valence-corrected chi connectivity index (χ2v) is 3.25. The van der Waals surface area contributed by atoms with Gasteiger partial charge >= 0.3 is 0 Å². The normalized spacial score (nSPS) is 14.7. The van der Waals surface area contributed by atoms with Crippen molar-refractivity contribution in [3.63, 3.8) is 0 Å². The third-order valence-electron chi connectivity index (χ3n) is 2.12. The minimum Gasteiger partial charge on any atom is -0.494 e. The summed E-state index contributed by atoms with van der Waals surface area (Å²) in [7, 11) is 0. The largest absolute Gasteiger partial charge is 0.494 e. The van der Waals surface area contributed by atoms with Crippen LogP contribution < -0.4 is 10.5 Å². The number of aliphatic hydroxyl groups is 2. The smallest absolute Gasteiger partial charge is 0.119 e. The second-order valence-electron chi connectivity index (χ2n) is 3.25. The van der Waals surface area contributed by atoms with Gasteiger partial charge in [-0.3, -0.25) is 0 Å². The summed E-state index contributed by atoms with van der Waals surface area (Å²) in [6, 6.07) is 7.00. The van der Waals surface area contributed by atoms with Crippen molar-refractivity contribution in [3.8, 4) is 5.75 Å². The van der Waals surface area contributed by atoms with Crippen molar-refractivity contribution >= 4 is 0 Å². The first-order valence-corrected chi connectivity index (χ1v) is 4.98. The molecule has 0 saturated carbocycles. The van der Waals surface area contributed by atoms with Gasteiger partial charge in [-0.05, 0) is 24.6 Å². The average Bonchev–Trinajstić information content (AvgIpc) is 2.28. The molecule has 4 heteroatoms. The molecule has 4 N–H and O–H groups in total. The molecule has 0 aliphatic rings. The van der Waals surface area contributed by atoms with Crippen LogP contribution in [0.5, 0.6) is 5.75 Å². The average molecular weight is 211 g/mol. The standard InChI is InChI=1S/C11H17NO3/c1-2-15-9-5-3-4-8(6-9)11(14)10(13)7-12/h3-6,10-11,13-14H,2,7,12H2,1H3.